The molecule has 1 aromatic carbocycles. The number of amides is 1. The smallest absolute Gasteiger partial charge is 0.249 e. The topological polar surface area (TPSA) is 50.3 Å². The summed E-state index contributed by atoms with van der Waals surface area (Å²) in [6.45, 7) is 0.263. The zero-order valence-electron chi connectivity index (χ0n) is 15.8. The molecule has 1 aliphatic carbocycles. The summed E-state index contributed by atoms with van der Waals surface area (Å²) in [7, 11) is 0. The quantitative estimate of drug-likeness (QED) is 0.700. The average molecular weight is 402 g/mol. The van der Waals surface area contributed by atoms with Crippen molar-refractivity contribution >= 4 is 17.4 Å². The number of Topliss-reactive ketones (excluding diaryl/α,β-unsaturated/α-hetero) is 1. The number of carbonyl (C=O) groups excluding carboxylic acids is 2. The first-order chi connectivity index (χ1) is 13.8. The van der Waals surface area contributed by atoms with E-state index in [4.69, 9.17) is 0 Å². The minimum Gasteiger partial charge on any atom is -0.312 e. The highest BCUT2D eigenvalue weighted by molar-refractivity contribution is 6.00. The molecule has 1 saturated heterocycles. The summed E-state index contributed by atoms with van der Waals surface area (Å²) in [4.78, 5) is 31.0. The molecule has 1 amide bonds. The van der Waals surface area contributed by atoms with Crippen LogP contribution in [0.1, 0.15) is 42.6 Å². The van der Waals surface area contributed by atoms with Gasteiger partial charge in [0.25, 0.3) is 0 Å². The molecule has 1 aromatic heterocycles. The van der Waals surface area contributed by atoms with Gasteiger partial charge in [-0.1, -0.05) is 12.1 Å². The monoisotopic (exact) mass is 402 g/mol. The molecular weight excluding hydrogens is 381 g/mol. The van der Waals surface area contributed by atoms with Crippen molar-refractivity contribution in [3.63, 3.8) is 0 Å². The number of nitrogens with zero attached hydrogens (tertiary/aromatic N) is 2. The first kappa shape index (κ1) is 19.6. The van der Waals surface area contributed by atoms with Crippen LogP contribution in [0.25, 0.3) is 0 Å². The molecule has 4 rings (SSSR count). The van der Waals surface area contributed by atoms with Gasteiger partial charge in [-0.05, 0) is 49.1 Å². The van der Waals surface area contributed by atoms with Crippen LogP contribution in [0.3, 0.4) is 0 Å². The minimum atomic E-state index is -3.03. The molecule has 0 N–H and O–H groups in total. The molecule has 2 aromatic rings. The van der Waals surface area contributed by atoms with E-state index >= 15 is 0 Å². The van der Waals surface area contributed by atoms with Crippen molar-refractivity contribution in [2.75, 3.05) is 11.4 Å². The van der Waals surface area contributed by atoms with Crippen LogP contribution in [-0.4, -0.2) is 29.1 Å². The summed E-state index contributed by atoms with van der Waals surface area (Å²) >= 11 is 0. The highest BCUT2D eigenvalue weighted by Gasteiger charge is 2.57. The van der Waals surface area contributed by atoms with E-state index in [0.29, 0.717) is 5.69 Å². The SMILES string of the molecule is O=C(C[C@@H]1CC(F)(F)C[C@]2(CCN(c3cccc(F)c3)C2=O)C1)c1ccccn1. The summed E-state index contributed by atoms with van der Waals surface area (Å²) in [5, 5.41) is 0. The fourth-order valence-corrected chi connectivity index (χ4v) is 4.79. The second-order valence-corrected chi connectivity index (χ2v) is 8.12. The van der Waals surface area contributed by atoms with Gasteiger partial charge in [-0.25, -0.2) is 13.2 Å². The van der Waals surface area contributed by atoms with Crippen molar-refractivity contribution in [1.29, 1.82) is 0 Å². The second kappa shape index (κ2) is 7.28. The van der Waals surface area contributed by atoms with Crippen molar-refractivity contribution in [2.45, 2.75) is 38.0 Å². The maximum absolute atomic E-state index is 14.6. The minimum absolute atomic E-state index is 0.0679. The third-order valence-corrected chi connectivity index (χ3v) is 5.92. The predicted octanol–water partition coefficient (Wildman–Crippen LogP) is 4.65. The Morgan fingerprint density at radius 3 is 2.72 bits per heavy atom. The number of aromatic nitrogens is 1. The van der Waals surface area contributed by atoms with Crippen LogP contribution < -0.4 is 4.90 Å². The molecule has 0 bridgehead atoms. The highest BCUT2D eigenvalue weighted by Crippen LogP contribution is 2.53. The van der Waals surface area contributed by atoms with E-state index in [1.807, 2.05) is 0 Å². The zero-order chi connectivity index (χ0) is 20.6. The molecule has 2 atom stereocenters. The van der Waals surface area contributed by atoms with Gasteiger partial charge in [0.05, 0.1) is 5.41 Å². The molecule has 1 saturated carbocycles. The number of carbonyl (C=O) groups is 2. The van der Waals surface area contributed by atoms with E-state index in [-0.39, 0.29) is 37.3 Å². The van der Waals surface area contributed by atoms with Gasteiger partial charge in [0.2, 0.25) is 11.8 Å². The van der Waals surface area contributed by atoms with E-state index in [9.17, 15) is 22.8 Å². The molecule has 4 nitrogen and oxygen atoms in total. The summed E-state index contributed by atoms with van der Waals surface area (Å²) < 4.78 is 42.8. The molecular formula is C22H21F3N2O2. The molecule has 2 aliphatic rings. The zero-order valence-corrected chi connectivity index (χ0v) is 15.8. The number of pyridine rings is 1. The van der Waals surface area contributed by atoms with Crippen molar-refractivity contribution < 1.29 is 22.8 Å². The Bertz CT molecular complexity index is 935. The molecule has 1 spiro atoms. The summed E-state index contributed by atoms with van der Waals surface area (Å²) in [6, 6.07) is 10.5. The molecule has 0 unspecified atom stereocenters. The summed E-state index contributed by atoms with van der Waals surface area (Å²) in [5.41, 5.74) is -0.597. The van der Waals surface area contributed by atoms with Crippen molar-refractivity contribution in [2.24, 2.45) is 11.3 Å². The number of halogens is 3. The molecule has 0 radical (unpaired) electrons. The van der Waals surface area contributed by atoms with Crippen LogP contribution in [0.15, 0.2) is 48.7 Å². The first-order valence-electron chi connectivity index (χ1n) is 9.68. The third-order valence-electron chi connectivity index (χ3n) is 5.92. The lowest BCUT2D eigenvalue weighted by atomic mass is 9.66. The van der Waals surface area contributed by atoms with E-state index in [1.54, 1.807) is 24.3 Å². The van der Waals surface area contributed by atoms with Gasteiger partial charge in [-0.3, -0.25) is 14.6 Å². The van der Waals surface area contributed by atoms with Crippen LogP contribution in [0.4, 0.5) is 18.9 Å². The second-order valence-electron chi connectivity index (χ2n) is 8.12. The Morgan fingerprint density at radius 1 is 1.17 bits per heavy atom. The van der Waals surface area contributed by atoms with Gasteiger partial charge in [-0.15, -0.1) is 0 Å². The molecule has 29 heavy (non-hydrogen) atoms. The number of ketones is 1. The average Bonchev–Trinajstić information content (AvgIpc) is 2.96. The number of rotatable bonds is 4. The number of benzene rings is 1. The van der Waals surface area contributed by atoms with E-state index in [2.05, 4.69) is 4.98 Å². The fourth-order valence-electron chi connectivity index (χ4n) is 4.79. The third kappa shape index (κ3) is 3.91. The largest absolute Gasteiger partial charge is 0.312 e. The van der Waals surface area contributed by atoms with E-state index in [1.165, 1.54) is 29.3 Å². The predicted molar refractivity (Wildman–Crippen MR) is 101 cm³/mol. The Morgan fingerprint density at radius 2 is 2.00 bits per heavy atom. The number of hydrogen-bond donors (Lipinski definition) is 0. The van der Waals surface area contributed by atoms with E-state index in [0.717, 1.165) is 0 Å². The van der Waals surface area contributed by atoms with Gasteiger partial charge >= 0.3 is 0 Å². The number of hydrogen-bond acceptors (Lipinski definition) is 3. The van der Waals surface area contributed by atoms with Gasteiger partial charge in [0.1, 0.15) is 11.5 Å². The van der Waals surface area contributed by atoms with Crippen LogP contribution in [0.5, 0.6) is 0 Å². The number of anilines is 1. The Balaban J connectivity index is 1.55. The van der Waals surface area contributed by atoms with E-state index < -0.39 is 41.8 Å². The van der Waals surface area contributed by atoms with Crippen LogP contribution in [0.2, 0.25) is 0 Å². The lowest BCUT2D eigenvalue weighted by molar-refractivity contribution is -0.143. The van der Waals surface area contributed by atoms with Gasteiger partial charge in [0, 0.05) is 37.7 Å². The molecule has 152 valence electrons. The number of alkyl halides is 2. The van der Waals surface area contributed by atoms with Gasteiger partial charge in [0.15, 0.2) is 5.78 Å². The van der Waals surface area contributed by atoms with Gasteiger partial charge < -0.3 is 4.90 Å². The lowest BCUT2D eigenvalue weighted by Gasteiger charge is -2.40. The van der Waals surface area contributed by atoms with Crippen molar-refractivity contribution in [1.82, 2.24) is 4.98 Å². The molecule has 2 heterocycles. The summed E-state index contributed by atoms with van der Waals surface area (Å²) in [6.07, 6.45) is 0.973. The molecule has 2 fully saturated rings. The summed E-state index contributed by atoms with van der Waals surface area (Å²) in [5.74, 6) is -4.82. The Hall–Kier alpha value is -2.70. The van der Waals surface area contributed by atoms with Crippen LogP contribution >= 0.6 is 0 Å². The van der Waals surface area contributed by atoms with Crippen molar-refractivity contribution in [3.8, 4) is 0 Å². The van der Waals surface area contributed by atoms with Gasteiger partial charge in [-0.2, -0.15) is 0 Å². The first-order valence-corrected chi connectivity index (χ1v) is 9.68. The Labute approximate surface area is 166 Å². The lowest BCUT2D eigenvalue weighted by Crippen LogP contribution is -2.45. The fraction of sp³-hybridized carbons (Fsp3) is 0.409. The molecule has 7 heteroatoms. The normalized spacial score (nSPS) is 26.1. The highest BCUT2D eigenvalue weighted by atomic mass is 19.3. The maximum atomic E-state index is 14.6. The standard InChI is InChI=1S/C22H21F3N2O2/c23-16-4-3-5-17(11-16)27-9-7-21(20(27)29)12-15(13-22(24,25)14-21)10-19(28)18-6-1-2-8-26-18/h1-6,8,11,15H,7,9-10,12-14H2/t15-,21-/m0/s1. The van der Waals surface area contributed by atoms with Crippen molar-refractivity contribution in [3.05, 3.63) is 60.2 Å². The maximum Gasteiger partial charge on any atom is 0.249 e. The van der Waals surface area contributed by atoms with Crippen LogP contribution in [-0.2, 0) is 4.79 Å². The Kier molecular flexibility index (Phi) is 4.92. The molecule has 1 aliphatic heterocycles. The van der Waals surface area contributed by atoms with Crippen LogP contribution in [0, 0.1) is 17.2 Å².